The van der Waals surface area contributed by atoms with E-state index in [1.54, 1.807) is 6.20 Å². The van der Waals surface area contributed by atoms with Crippen LogP contribution in [-0.2, 0) is 11.3 Å². The number of hydrogen-bond donors (Lipinski definition) is 0. The number of ether oxygens (including phenoxy) is 1. The van der Waals surface area contributed by atoms with Crippen LogP contribution in [0.25, 0.3) is 11.2 Å². The van der Waals surface area contributed by atoms with Crippen LogP contribution in [0.4, 0.5) is 0 Å². The summed E-state index contributed by atoms with van der Waals surface area (Å²) in [4.78, 5) is 8.95. The number of imidazole rings is 1. The Balaban J connectivity index is 2.05. The molecule has 2 aromatic heterocycles. The van der Waals surface area contributed by atoms with Gasteiger partial charge in [0, 0.05) is 25.3 Å². The molecule has 0 radical (unpaired) electrons. The number of halogens is 2. The maximum atomic E-state index is 6.23. The Bertz CT molecular complexity index is 591. The van der Waals surface area contributed by atoms with E-state index in [-0.39, 0.29) is 5.38 Å². The number of nitrogens with zero attached hydrogens (tertiary/aromatic N) is 3. The summed E-state index contributed by atoms with van der Waals surface area (Å²) in [7, 11) is 0. The molecule has 1 aliphatic rings. The standard InChI is InChI=1S/C13H15Cl2N3O/c1-8(14)12-17-11-4-10(15)5-16-13(11)18(12)6-9-2-3-19-7-9/h4-5,8-9H,2-3,6-7H2,1H3. The minimum atomic E-state index is -0.157. The van der Waals surface area contributed by atoms with Gasteiger partial charge in [-0.25, -0.2) is 9.97 Å². The summed E-state index contributed by atoms with van der Waals surface area (Å²) in [6, 6.07) is 1.83. The molecule has 19 heavy (non-hydrogen) atoms. The molecule has 2 aromatic rings. The number of aromatic nitrogens is 3. The summed E-state index contributed by atoms with van der Waals surface area (Å²) in [5.74, 6) is 1.35. The Kier molecular flexibility index (Phi) is 3.65. The van der Waals surface area contributed by atoms with Crippen LogP contribution in [-0.4, -0.2) is 27.7 Å². The molecule has 3 rings (SSSR count). The third kappa shape index (κ3) is 2.57. The highest BCUT2D eigenvalue weighted by atomic mass is 35.5. The van der Waals surface area contributed by atoms with Gasteiger partial charge in [0.2, 0.25) is 0 Å². The summed E-state index contributed by atoms with van der Waals surface area (Å²) in [6.07, 6.45) is 2.72. The van der Waals surface area contributed by atoms with E-state index in [2.05, 4.69) is 14.5 Å². The third-order valence-electron chi connectivity index (χ3n) is 3.40. The van der Waals surface area contributed by atoms with Gasteiger partial charge in [-0.1, -0.05) is 11.6 Å². The van der Waals surface area contributed by atoms with E-state index in [4.69, 9.17) is 27.9 Å². The molecule has 1 aliphatic heterocycles. The van der Waals surface area contributed by atoms with Crippen molar-refractivity contribution in [1.82, 2.24) is 14.5 Å². The van der Waals surface area contributed by atoms with Gasteiger partial charge in [-0.15, -0.1) is 11.6 Å². The van der Waals surface area contributed by atoms with E-state index in [1.165, 1.54) is 0 Å². The molecule has 0 saturated carbocycles. The van der Waals surface area contributed by atoms with Crippen molar-refractivity contribution in [2.24, 2.45) is 5.92 Å². The van der Waals surface area contributed by atoms with Gasteiger partial charge in [0.05, 0.1) is 17.0 Å². The van der Waals surface area contributed by atoms with Crippen LogP contribution < -0.4 is 0 Å². The van der Waals surface area contributed by atoms with Crippen molar-refractivity contribution in [1.29, 1.82) is 0 Å². The van der Waals surface area contributed by atoms with Gasteiger partial charge in [-0.05, 0) is 19.4 Å². The average Bonchev–Trinajstić information content (AvgIpc) is 2.97. The number of pyridine rings is 1. The lowest BCUT2D eigenvalue weighted by Crippen LogP contribution is -2.14. The second kappa shape index (κ2) is 5.27. The summed E-state index contributed by atoms with van der Waals surface area (Å²) in [5.41, 5.74) is 1.65. The number of rotatable bonds is 3. The maximum Gasteiger partial charge on any atom is 0.160 e. The predicted molar refractivity (Wildman–Crippen MR) is 75.7 cm³/mol. The number of fused-ring (bicyclic) bond motifs is 1. The fourth-order valence-corrected chi connectivity index (χ4v) is 2.79. The smallest absolute Gasteiger partial charge is 0.160 e. The van der Waals surface area contributed by atoms with Crippen molar-refractivity contribution >= 4 is 34.4 Å². The van der Waals surface area contributed by atoms with Crippen molar-refractivity contribution in [2.45, 2.75) is 25.3 Å². The molecule has 2 atom stereocenters. The van der Waals surface area contributed by atoms with Gasteiger partial charge >= 0.3 is 0 Å². The second-order valence-electron chi connectivity index (χ2n) is 4.92. The fraction of sp³-hybridized carbons (Fsp3) is 0.538. The molecule has 0 amide bonds. The number of hydrogen-bond acceptors (Lipinski definition) is 3. The van der Waals surface area contributed by atoms with Crippen LogP contribution in [0.2, 0.25) is 5.02 Å². The first-order valence-corrected chi connectivity index (χ1v) is 7.20. The van der Waals surface area contributed by atoms with E-state index in [0.717, 1.165) is 43.2 Å². The summed E-state index contributed by atoms with van der Waals surface area (Å²) in [6.45, 7) is 4.40. The molecule has 0 N–H and O–H groups in total. The predicted octanol–water partition coefficient (Wildman–Crippen LogP) is 3.42. The number of alkyl halides is 1. The molecule has 3 heterocycles. The zero-order chi connectivity index (χ0) is 13.4. The van der Waals surface area contributed by atoms with Gasteiger partial charge < -0.3 is 9.30 Å². The molecule has 102 valence electrons. The van der Waals surface area contributed by atoms with Gasteiger partial charge in [0.1, 0.15) is 11.3 Å². The van der Waals surface area contributed by atoms with Crippen LogP contribution in [0.15, 0.2) is 12.3 Å². The molecule has 1 saturated heterocycles. The SMILES string of the molecule is CC(Cl)c1nc2cc(Cl)cnc2n1CC1CCOC1. The Morgan fingerprint density at radius 3 is 3.11 bits per heavy atom. The van der Waals surface area contributed by atoms with Crippen LogP contribution in [0, 0.1) is 5.92 Å². The van der Waals surface area contributed by atoms with E-state index in [1.807, 2.05) is 13.0 Å². The largest absolute Gasteiger partial charge is 0.381 e. The van der Waals surface area contributed by atoms with E-state index < -0.39 is 0 Å². The highest BCUT2D eigenvalue weighted by molar-refractivity contribution is 6.31. The second-order valence-corrected chi connectivity index (χ2v) is 6.01. The summed E-state index contributed by atoms with van der Waals surface area (Å²) < 4.78 is 7.53. The van der Waals surface area contributed by atoms with Crippen LogP contribution in [0.1, 0.15) is 24.5 Å². The molecule has 6 heteroatoms. The van der Waals surface area contributed by atoms with Crippen molar-refractivity contribution in [3.63, 3.8) is 0 Å². The van der Waals surface area contributed by atoms with E-state index >= 15 is 0 Å². The molecule has 0 spiro atoms. The lowest BCUT2D eigenvalue weighted by molar-refractivity contribution is 0.182. The zero-order valence-electron chi connectivity index (χ0n) is 10.6. The highest BCUT2D eigenvalue weighted by Gasteiger charge is 2.22. The molecule has 4 nitrogen and oxygen atoms in total. The molecular formula is C13H15Cl2N3O. The Morgan fingerprint density at radius 2 is 2.42 bits per heavy atom. The Morgan fingerprint density at radius 1 is 1.58 bits per heavy atom. The van der Waals surface area contributed by atoms with Gasteiger partial charge in [0.15, 0.2) is 5.65 Å². The van der Waals surface area contributed by atoms with Gasteiger partial charge in [-0.2, -0.15) is 0 Å². The normalized spacial score (nSPS) is 21.1. The van der Waals surface area contributed by atoms with Crippen molar-refractivity contribution in [2.75, 3.05) is 13.2 Å². The van der Waals surface area contributed by atoms with E-state index in [9.17, 15) is 0 Å². The Hall–Kier alpha value is -0.840. The molecule has 2 unspecified atom stereocenters. The summed E-state index contributed by atoms with van der Waals surface area (Å²) in [5, 5.41) is 0.436. The minimum absolute atomic E-state index is 0.157. The van der Waals surface area contributed by atoms with Crippen molar-refractivity contribution in [3.8, 4) is 0 Å². The molecule has 0 aliphatic carbocycles. The van der Waals surface area contributed by atoms with Crippen LogP contribution in [0.3, 0.4) is 0 Å². The van der Waals surface area contributed by atoms with Crippen molar-refractivity contribution < 1.29 is 4.74 Å². The van der Waals surface area contributed by atoms with Crippen molar-refractivity contribution in [3.05, 3.63) is 23.1 Å². The van der Waals surface area contributed by atoms with E-state index in [0.29, 0.717) is 10.9 Å². The molecular weight excluding hydrogens is 285 g/mol. The first kappa shape index (κ1) is 13.2. The van der Waals surface area contributed by atoms with Gasteiger partial charge in [-0.3, -0.25) is 0 Å². The van der Waals surface area contributed by atoms with Crippen LogP contribution in [0.5, 0.6) is 0 Å². The monoisotopic (exact) mass is 299 g/mol. The molecule has 0 bridgehead atoms. The summed E-state index contributed by atoms with van der Waals surface area (Å²) >= 11 is 12.2. The third-order valence-corrected chi connectivity index (χ3v) is 3.80. The topological polar surface area (TPSA) is 39.9 Å². The maximum absolute atomic E-state index is 6.23. The zero-order valence-corrected chi connectivity index (χ0v) is 12.2. The van der Waals surface area contributed by atoms with Gasteiger partial charge in [0.25, 0.3) is 0 Å². The average molecular weight is 300 g/mol. The first-order valence-electron chi connectivity index (χ1n) is 6.38. The molecule has 1 fully saturated rings. The minimum Gasteiger partial charge on any atom is -0.381 e. The molecule has 0 aromatic carbocycles. The van der Waals surface area contributed by atoms with Crippen LogP contribution >= 0.6 is 23.2 Å². The highest BCUT2D eigenvalue weighted by Crippen LogP contribution is 2.27. The lowest BCUT2D eigenvalue weighted by atomic mass is 10.1. The fourth-order valence-electron chi connectivity index (χ4n) is 2.47. The first-order chi connectivity index (χ1) is 9.15. The quantitative estimate of drug-likeness (QED) is 0.815. The lowest BCUT2D eigenvalue weighted by Gasteiger charge is -2.13. The Labute approximate surface area is 121 Å².